The molecule has 1 aromatic heterocycles. The van der Waals surface area contributed by atoms with Crippen LogP contribution in [-0.2, 0) is 6.54 Å². The zero-order valence-corrected chi connectivity index (χ0v) is 10.0. The molecule has 0 fully saturated rings. The van der Waals surface area contributed by atoms with Crippen molar-refractivity contribution < 1.29 is 5.11 Å². The maximum Gasteiger partial charge on any atom is 0.0468 e. The lowest BCUT2D eigenvalue weighted by Gasteiger charge is -2.10. The molecule has 2 N–H and O–H groups in total. The average molecular weight is 231 g/mol. The molecule has 3 nitrogen and oxygen atoms in total. The maximum atomic E-state index is 8.83. The first-order valence-corrected chi connectivity index (χ1v) is 4.96. The van der Waals surface area contributed by atoms with Gasteiger partial charge in [0, 0.05) is 31.6 Å². The highest BCUT2D eigenvalue weighted by Crippen LogP contribution is 2.02. The molecule has 0 bridgehead atoms. The minimum absolute atomic E-state index is 0. The van der Waals surface area contributed by atoms with E-state index in [0.29, 0.717) is 5.92 Å². The maximum absolute atomic E-state index is 8.83. The van der Waals surface area contributed by atoms with Crippen molar-refractivity contribution in [2.45, 2.75) is 20.4 Å². The third-order valence-electron chi connectivity index (χ3n) is 2.24. The first-order valence-electron chi connectivity index (χ1n) is 4.96. The van der Waals surface area contributed by atoms with E-state index in [4.69, 9.17) is 5.11 Å². The Morgan fingerprint density at radius 2 is 2.27 bits per heavy atom. The summed E-state index contributed by atoms with van der Waals surface area (Å²) in [5, 5.41) is 12.1. The highest BCUT2D eigenvalue weighted by Gasteiger charge is 2.00. The predicted octanol–water partition coefficient (Wildman–Crippen LogP) is 1.53. The smallest absolute Gasteiger partial charge is 0.0468 e. The number of aromatic nitrogens is 1. The normalized spacial score (nSPS) is 11.9. The summed E-state index contributed by atoms with van der Waals surface area (Å²) in [4.78, 5) is 4.21. The number of rotatable bonds is 5. The fraction of sp³-hybridized carbons (Fsp3) is 0.545. The largest absolute Gasteiger partial charge is 0.396 e. The summed E-state index contributed by atoms with van der Waals surface area (Å²) in [6.07, 6.45) is 1.80. The van der Waals surface area contributed by atoms with E-state index in [1.54, 1.807) is 6.20 Å². The molecule has 86 valence electrons. The number of aliphatic hydroxyl groups excluding tert-OH is 1. The fourth-order valence-electron chi connectivity index (χ4n) is 1.22. The van der Waals surface area contributed by atoms with Crippen LogP contribution < -0.4 is 5.32 Å². The number of hydrogen-bond acceptors (Lipinski definition) is 3. The topological polar surface area (TPSA) is 45.2 Å². The van der Waals surface area contributed by atoms with Gasteiger partial charge in [0.05, 0.1) is 0 Å². The predicted molar refractivity (Wildman–Crippen MR) is 64.2 cm³/mol. The summed E-state index contributed by atoms with van der Waals surface area (Å²) < 4.78 is 0. The summed E-state index contributed by atoms with van der Waals surface area (Å²) in [6.45, 7) is 5.92. The zero-order chi connectivity index (χ0) is 10.4. The van der Waals surface area contributed by atoms with E-state index in [0.717, 1.165) is 18.8 Å². The second kappa shape index (κ2) is 7.63. The van der Waals surface area contributed by atoms with Crippen molar-refractivity contribution in [1.29, 1.82) is 0 Å². The third kappa shape index (κ3) is 5.11. The van der Waals surface area contributed by atoms with E-state index in [1.165, 1.54) is 5.56 Å². The summed E-state index contributed by atoms with van der Waals surface area (Å²) in [5.41, 5.74) is 2.29. The number of aryl methyl sites for hydroxylation is 1. The summed E-state index contributed by atoms with van der Waals surface area (Å²) >= 11 is 0. The Morgan fingerprint density at radius 3 is 2.87 bits per heavy atom. The fourth-order valence-corrected chi connectivity index (χ4v) is 1.22. The van der Waals surface area contributed by atoms with Gasteiger partial charge in [0.25, 0.3) is 0 Å². The summed E-state index contributed by atoms with van der Waals surface area (Å²) in [6, 6.07) is 4.01. The molecule has 0 aliphatic heterocycles. The molecular formula is C11H19ClN2O. The monoisotopic (exact) mass is 230 g/mol. The summed E-state index contributed by atoms with van der Waals surface area (Å²) in [5.74, 6) is 0.312. The lowest BCUT2D eigenvalue weighted by molar-refractivity contribution is 0.233. The first kappa shape index (κ1) is 14.4. The van der Waals surface area contributed by atoms with Gasteiger partial charge in [-0.05, 0) is 24.5 Å². The quantitative estimate of drug-likeness (QED) is 0.807. The summed E-state index contributed by atoms with van der Waals surface area (Å²) in [7, 11) is 0. The van der Waals surface area contributed by atoms with Crippen LogP contribution in [0.4, 0.5) is 0 Å². The highest BCUT2D eigenvalue weighted by molar-refractivity contribution is 5.85. The number of nitrogens with one attached hydrogen (secondary N) is 1. The Labute approximate surface area is 97.3 Å². The van der Waals surface area contributed by atoms with Crippen LogP contribution in [0.2, 0.25) is 0 Å². The Hall–Kier alpha value is -0.640. The number of nitrogens with zero attached hydrogens (tertiary/aromatic N) is 1. The van der Waals surface area contributed by atoms with Gasteiger partial charge in [0.15, 0.2) is 0 Å². The van der Waals surface area contributed by atoms with E-state index in [9.17, 15) is 0 Å². The number of halogens is 1. The molecule has 0 saturated carbocycles. The Bertz CT molecular complexity index is 281. The van der Waals surface area contributed by atoms with Gasteiger partial charge in [-0.2, -0.15) is 0 Å². The van der Waals surface area contributed by atoms with E-state index in [1.807, 2.05) is 19.9 Å². The number of pyridine rings is 1. The molecule has 0 aliphatic carbocycles. The van der Waals surface area contributed by atoms with Crippen molar-refractivity contribution >= 4 is 12.4 Å². The van der Waals surface area contributed by atoms with Gasteiger partial charge in [0.1, 0.15) is 0 Å². The van der Waals surface area contributed by atoms with Crippen LogP contribution in [0.3, 0.4) is 0 Å². The molecule has 1 rings (SSSR count). The van der Waals surface area contributed by atoms with Crippen LogP contribution in [0.1, 0.15) is 18.2 Å². The lowest BCUT2D eigenvalue weighted by atomic mass is 10.2. The second-order valence-electron chi connectivity index (χ2n) is 3.67. The van der Waals surface area contributed by atoms with Gasteiger partial charge >= 0.3 is 0 Å². The van der Waals surface area contributed by atoms with Crippen molar-refractivity contribution in [1.82, 2.24) is 10.3 Å². The first-order chi connectivity index (χ1) is 6.74. The van der Waals surface area contributed by atoms with Gasteiger partial charge in [0.2, 0.25) is 0 Å². The molecule has 0 aliphatic rings. The molecule has 1 aromatic rings. The molecule has 1 unspecified atom stereocenters. The molecule has 1 heterocycles. The Kier molecular flexibility index (Phi) is 7.30. The molecule has 0 radical (unpaired) electrons. The zero-order valence-electron chi connectivity index (χ0n) is 9.23. The minimum Gasteiger partial charge on any atom is -0.396 e. The van der Waals surface area contributed by atoms with Crippen molar-refractivity contribution in [2.24, 2.45) is 5.92 Å². The Morgan fingerprint density at radius 1 is 1.53 bits per heavy atom. The van der Waals surface area contributed by atoms with Crippen LogP contribution in [0, 0.1) is 12.8 Å². The number of aliphatic hydroxyl groups is 1. The number of hydrogen-bond donors (Lipinski definition) is 2. The average Bonchev–Trinajstić information content (AvgIpc) is 2.20. The molecule has 1 atom stereocenters. The standard InChI is InChI=1S/C11H18N2O.ClH/c1-9(8-14)6-12-7-11-4-3-5-13-10(11)2;/h3-5,9,12,14H,6-8H2,1-2H3;1H. The third-order valence-corrected chi connectivity index (χ3v) is 2.24. The molecule has 4 heteroatoms. The minimum atomic E-state index is 0. The highest BCUT2D eigenvalue weighted by atomic mass is 35.5. The van der Waals surface area contributed by atoms with E-state index < -0.39 is 0 Å². The van der Waals surface area contributed by atoms with Crippen LogP contribution in [-0.4, -0.2) is 23.2 Å². The van der Waals surface area contributed by atoms with Crippen LogP contribution >= 0.6 is 12.4 Å². The van der Waals surface area contributed by atoms with Crippen LogP contribution in [0.15, 0.2) is 18.3 Å². The Balaban J connectivity index is 0.00000196. The van der Waals surface area contributed by atoms with Gasteiger partial charge in [-0.25, -0.2) is 0 Å². The molecular weight excluding hydrogens is 212 g/mol. The lowest BCUT2D eigenvalue weighted by Crippen LogP contribution is -2.23. The molecule has 15 heavy (non-hydrogen) atoms. The van der Waals surface area contributed by atoms with Crippen LogP contribution in [0.5, 0.6) is 0 Å². The van der Waals surface area contributed by atoms with Crippen molar-refractivity contribution in [2.75, 3.05) is 13.2 Å². The van der Waals surface area contributed by atoms with Crippen molar-refractivity contribution in [3.8, 4) is 0 Å². The van der Waals surface area contributed by atoms with Crippen molar-refractivity contribution in [3.63, 3.8) is 0 Å². The molecule has 0 aromatic carbocycles. The van der Waals surface area contributed by atoms with E-state index >= 15 is 0 Å². The SMILES string of the molecule is Cc1ncccc1CNCC(C)CO.Cl. The van der Waals surface area contributed by atoms with E-state index in [-0.39, 0.29) is 19.0 Å². The van der Waals surface area contributed by atoms with E-state index in [2.05, 4.69) is 16.4 Å². The molecule has 0 saturated heterocycles. The molecule has 0 spiro atoms. The second-order valence-corrected chi connectivity index (χ2v) is 3.67. The van der Waals surface area contributed by atoms with Gasteiger partial charge in [-0.1, -0.05) is 13.0 Å². The van der Waals surface area contributed by atoms with Gasteiger partial charge < -0.3 is 10.4 Å². The van der Waals surface area contributed by atoms with Crippen molar-refractivity contribution in [3.05, 3.63) is 29.6 Å². The van der Waals surface area contributed by atoms with Crippen LogP contribution in [0.25, 0.3) is 0 Å². The van der Waals surface area contributed by atoms with Gasteiger partial charge in [-0.3, -0.25) is 4.98 Å². The van der Waals surface area contributed by atoms with Gasteiger partial charge in [-0.15, -0.1) is 12.4 Å². The molecule has 0 amide bonds.